The molecular formula is C21H22ClF2N9O2. The first-order chi connectivity index (χ1) is 16.7. The Hall–Kier alpha value is -4.10. The predicted molar refractivity (Wildman–Crippen MR) is 128 cm³/mol. The fraction of sp³-hybridized carbons (Fsp3) is 0.190. The van der Waals surface area contributed by atoms with E-state index >= 15 is 0 Å². The van der Waals surface area contributed by atoms with Crippen molar-refractivity contribution >= 4 is 35.4 Å². The highest BCUT2D eigenvalue weighted by Crippen LogP contribution is 2.25. The number of alkyl halides is 2. The number of nitrogens with zero attached hydrogens (tertiary/aromatic N) is 5. The Morgan fingerprint density at radius 2 is 2.06 bits per heavy atom. The average molecular weight is 506 g/mol. The van der Waals surface area contributed by atoms with Crippen LogP contribution >= 0.6 is 11.6 Å². The van der Waals surface area contributed by atoms with Gasteiger partial charge < -0.3 is 21.0 Å². The lowest BCUT2D eigenvalue weighted by atomic mass is 10.1. The van der Waals surface area contributed by atoms with Gasteiger partial charge in [0, 0.05) is 30.2 Å². The molecule has 14 heteroatoms. The molecule has 2 aromatic heterocycles. The lowest BCUT2D eigenvalue weighted by Crippen LogP contribution is -2.35. The van der Waals surface area contributed by atoms with Crippen LogP contribution in [-0.2, 0) is 23.8 Å². The van der Waals surface area contributed by atoms with Crippen LogP contribution in [0.15, 0.2) is 64.9 Å². The summed E-state index contributed by atoms with van der Waals surface area (Å²) in [5.74, 6) is 6.78. The van der Waals surface area contributed by atoms with Gasteiger partial charge in [-0.15, -0.1) is 0 Å². The summed E-state index contributed by atoms with van der Waals surface area (Å²) >= 11 is 6.04. The fourth-order valence-corrected chi connectivity index (χ4v) is 3.24. The molecule has 3 rings (SSSR count). The second-order valence-electron chi connectivity index (χ2n) is 7.20. The van der Waals surface area contributed by atoms with Gasteiger partial charge in [0.2, 0.25) is 5.91 Å². The van der Waals surface area contributed by atoms with E-state index in [2.05, 4.69) is 25.7 Å². The number of hydrazone groups is 1. The van der Waals surface area contributed by atoms with E-state index in [0.717, 1.165) is 9.58 Å². The number of rotatable bonds is 10. The maximum Gasteiger partial charge on any atom is 0.306 e. The van der Waals surface area contributed by atoms with E-state index in [0.29, 0.717) is 16.3 Å². The smallest absolute Gasteiger partial charge is 0.306 e. The van der Waals surface area contributed by atoms with Crippen LogP contribution in [0.1, 0.15) is 11.3 Å². The molecule has 184 valence electrons. The molecule has 0 unspecified atom stereocenters. The first-order valence-electron chi connectivity index (χ1n) is 10.1. The third-order valence-electron chi connectivity index (χ3n) is 4.73. The largest absolute Gasteiger partial charge is 0.359 e. The SMILES string of the molecule is N/N=C\N(N)c1ccc(Cl)cc1CNC(=O)Cn1ccnc(NCC(F)(F)c2ccccn2)c1=O. The Labute approximate surface area is 203 Å². The van der Waals surface area contributed by atoms with E-state index in [1.165, 1.54) is 43.1 Å². The number of amides is 1. The number of hydrazine groups is 1. The molecule has 0 fully saturated rings. The number of benzene rings is 1. The minimum Gasteiger partial charge on any atom is -0.359 e. The third kappa shape index (κ3) is 6.71. The summed E-state index contributed by atoms with van der Waals surface area (Å²) in [6, 6.07) is 8.96. The van der Waals surface area contributed by atoms with Crippen molar-refractivity contribution in [1.82, 2.24) is 19.9 Å². The molecule has 0 radical (unpaired) electrons. The highest BCUT2D eigenvalue weighted by Gasteiger charge is 2.33. The summed E-state index contributed by atoms with van der Waals surface area (Å²) < 4.78 is 29.7. The van der Waals surface area contributed by atoms with Gasteiger partial charge in [-0.05, 0) is 35.9 Å². The lowest BCUT2D eigenvalue weighted by molar-refractivity contribution is -0.121. The molecule has 0 bridgehead atoms. The molecule has 1 amide bonds. The van der Waals surface area contributed by atoms with Crippen LogP contribution in [-0.4, -0.2) is 33.3 Å². The minimum atomic E-state index is -3.34. The number of hydrogen-bond acceptors (Lipinski definition) is 8. The van der Waals surface area contributed by atoms with E-state index in [1.807, 2.05) is 0 Å². The molecule has 11 nitrogen and oxygen atoms in total. The standard InChI is InChI=1S/C21H22ClF2N9O2/c22-15-4-5-16(33(26)13-31-25)14(9-15)10-29-18(34)11-32-8-7-28-19(20(32)35)30-12-21(23,24)17-3-1-2-6-27-17/h1-9,13H,10-12,25-26H2,(H,28,30)(H,29,34)/b31-13-. The number of pyridine rings is 1. The first kappa shape index (κ1) is 25.5. The predicted octanol–water partition coefficient (Wildman–Crippen LogP) is 1.39. The number of anilines is 2. The van der Waals surface area contributed by atoms with Crippen LogP contribution < -0.4 is 32.9 Å². The van der Waals surface area contributed by atoms with Crippen molar-refractivity contribution < 1.29 is 13.6 Å². The number of carbonyl (C=O) groups excluding carboxylic acids is 1. The summed E-state index contributed by atoms with van der Waals surface area (Å²) in [5, 5.41) is 9.91. The number of halogens is 3. The number of aromatic nitrogens is 3. The Bertz CT molecular complexity index is 1260. The summed E-state index contributed by atoms with van der Waals surface area (Å²) in [6.07, 6.45) is 4.92. The van der Waals surface area contributed by atoms with Gasteiger partial charge in [-0.25, -0.2) is 10.8 Å². The van der Waals surface area contributed by atoms with Gasteiger partial charge in [0.1, 0.15) is 18.6 Å². The normalized spacial score (nSPS) is 11.4. The Balaban J connectivity index is 1.65. The van der Waals surface area contributed by atoms with E-state index in [4.69, 9.17) is 23.3 Å². The van der Waals surface area contributed by atoms with Crippen LogP contribution in [0.3, 0.4) is 0 Å². The zero-order valence-electron chi connectivity index (χ0n) is 18.2. The molecule has 0 saturated heterocycles. The summed E-state index contributed by atoms with van der Waals surface area (Å²) in [6.45, 7) is -1.25. The lowest BCUT2D eigenvalue weighted by Gasteiger charge is -2.18. The number of hydrogen-bond donors (Lipinski definition) is 4. The summed E-state index contributed by atoms with van der Waals surface area (Å²) in [7, 11) is 0. The van der Waals surface area contributed by atoms with E-state index in [9.17, 15) is 18.4 Å². The maximum atomic E-state index is 14.3. The van der Waals surface area contributed by atoms with Crippen molar-refractivity contribution in [2.75, 3.05) is 16.9 Å². The van der Waals surface area contributed by atoms with Crippen molar-refractivity contribution in [3.63, 3.8) is 0 Å². The highest BCUT2D eigenvalue weighted by atomic mass is 35.5. The summed E-state index contributed by atoms with van der Waals surface area (Å²) in [4.78, 5) is 32.6. The average Bonchev–Trinajstić information content (AvgIpc) is 2.84. The Morgan fingerprint density at radius 3 is 2.77 bits per heavy atom. The van der Waals surface area contributed by atoms with Gasteiger partial charge in [0.15, 0.2) is 5.82 Å². The number of nitrogens with one attached hydrogen (secondary N) is 2. The maximum absolute atomic E-state index is 14.3. The van der Waals surface area contributed by atoms with Crippen LogP contribution in [0, 0.1) is 0 Å². The van der Waals surface area contributed by atoms with Crippen LogP contribution in [0.2, 0.25) is 5.02 Å². The van der Waals surface area contributed by atoms with Crippen molar-refractivity contribution in [1.29, 1.82) is 0 Å². The van der Waals surface area contributed by atoms with E-state index < -0.39 is 29.6 Å². The topological polar surface area (TPSA) is 157 Å². The molecule has 6 N–H and O–H groups in total. The number of nitrogens with two attached hydrogens (primary N) is 2. The molecule has 35 heavy (non-hydrogen) atoms. The molecule has 0 saturated carbocycles. The van der Waals surface area contributed by atoms with Crippen molar-refractivity contribution in [2.24, 2.45) is 16.8 Å². The quantitative estimate of drug-likeness (QED) is 0.139. The zero-order valence-corrected chi connectivity index (χ0v) is 19.0. The van der Waals surface area contributed by atoms with Gasteiger partial charge >= 0.3 is 5.92 Å². The molecule has 0 aliphatic heterocycles. The second kappa shape index (κ2) is 11.4. The molecule has 0 spiro atoms. The molecule has 2 heterocycles. The van der Waals surface area contributed by atoms with Gasteiger partial charge in [-0.1, -0.05) is 17.7 Å². The van der Waals surface area contributed by atoms with Crippen LogP contribution in [0.25, 0.3) is 0 Å². The van der Waals surface area contributed by atoms with Gasteiger partial charge in [-0.3, -0.25) is 19.6 Å². The van der Waals surface area contributed by atoms with Gasteiger partial charge in [0.25, 0.3) is 5.56 Å². The molecular weight excluding hydrogens is 484 g/mol. The van der Waals surface area contributed by atoms with Crippen LogP contribution in [0.5, 0.6) is 0 Å². The molecule has 1 aromatic carbocycles. The zero-order chi connectivity index (χ0) is 25.4. The van der Waals surface area contributed by atoms with Crippen molar-refractivity contribution in [3.8, 4) is 0 Å². The highest BCUT2D eigenvalue weighted by molar-refractivity contribution is 6.30. The Kier molecular flexibility index (Phi) is 8.28. The molecule has 0 atom stereocenters. The minimum absolute atomic E-state index is 0.0298. The summed E-state index contributed by atoms with van der Waals surface area (Å²) in [5.41, 5.74) is -0.132. The van der Waals surface area contributed by atoms with Gasteiger partial charge in [0.05, 0.1) is 12.2 Å². The molecule has 3 aromatic rings. The van der Waals surface area contributed by atoms with Gasteiger partial charge in [-0.2, -0.15) is 13.9 Å². The van der Waals surface area contributed by atoms with E-state index in [-0.39, 0.29) is 18.9 Å². The first-order valence-corrected chi connectivity index (χ1v) is 10.5. The Morgan fingerprint density at radius 1 is 1.26 bits per heavy atom. The fourth-order valence-electron chi connectivity index (χ4n) is 3.04. The van der Waals surface area contributed by atoms with E-state index in [1.54, 1.807) is 18.2 Å². The van der Waals surface area contributed by atoms with Crippen molar-refractivity contribution in [3.05, 3.63) is 81.6 Å². The second-order valence-corrected chi connectivity index (χ2v) is 7.64. The van der Waals surface area contributed by atoms with Crippen LogP contribution in [0.4, 0.5) is 20.3 Å². The molecule has 0 aliphatic carbocycles. The molecule has 0 aliphatic rings. The third-order valence-corrected chi connectivity index (χ3v) is 4.97. The number of carbonyl (C=O) groups is 1. The van der Waals surface area contributed by atoms with Crippen molar-refractivity contribution in [2.45, 2.75) is 19.0 Å². The monoisotopic (exact) mass is 505 g/mol.